The lowest BCUT2D eigenvalue weighted by Gasteiger charge is -2.30. The highest BCUT2D eigenvalue weighted by molar-refractivity contribution is 7.87. The molecule has 3 aliphatic heterocycles. The quantitative estimate of drug-likeness (QED) is 0.0416. The molecule has 0 bridgehead atoms. The first-order valence-corrected chi connectivity index (χ1v) is 25.8. The van der Waals surface area contributed by atoms with Crippen LogP contribution in [-0.2, 0) is 82.4 Å². The van der Waals surface area contributed by atoms with Crippen LogP contribution >= 0.6 is 0 Å². The number of unbranched alkanes of at least 4 members (excludes halogenated alkanes) is 2. The van der Waals surface area contributed by atoms with Crippen molar-refractivity contribution in [1.82, 2.24) is 5.06 Å². The van der Waals surface area contributed by atoms with E-state index in [1.807, 2.05) is 48.8 Å². The summed E-state index contributed by atoms with van der Waals surface area (Å²) in [6.45, 7) is 5.54. The first-order chi connectivity index (χ1) is 31.2. The minimum atomic E-state index is -4.07. The lowest BCUT2D eigenvalue weighted by Crippen LogP contribution is -2.32. The molecule has 2 unspecified atom stereocenters. The Morgan fingerprint density at radius 2 is 1.36 bits per heavy atom. The van der Waals surface area contributed by atoms with Crippen LogP contribution in [0.2, 0.25) is 0 Å². The summed E-state index contributed by atoms with van der Waals surface area (Å²) in [5, 5.41) is 0.538. The minimum Gasteiger partial charge on any atom is -0.385 e. The number of carbonyl (C=O) groups excluding carboxylic acids is 3. The molecule has 2 aromatic rings. The molecule has 21 heteroatoms. The van der Waals surface area contributed by atoms with Crippen LogP contribution in [0.3, 0.4) is 0 Å². The average molecular weight is 979 g/mol. The number of imide groups is 1. The van der Waals surface area contributed by atoms with Crippen LogP contribution in [0.1, 0.15) is 82.8 Å². The molecule has 0 aliphatic carbocycles. The second-order valence-electron chi connectivity index (χ2n) is 16.4. The number of allylic oxidation sites excluding steroid dienone is 6. The van der Waals surface area contributed by atoms with Gasteiger partial charge in [-0.05, 0) is 87.9 Å². The van der Waals surface area contributed by atoms with E-state index in [2.05, 4.69) is 4.90 Å². The number of amides is 2. The summed E-state index contributed by atoms with van der Waals surface area (Å²) in [6, 6.07) is 9.64. The van der Waals surface area contributed by atoms with Gasteiger partial charge in [-0.1, -0.05) is 24.6 Å². The van der Waals surface area contributed by atoms with Gasteiger partial charge in [-0.25, -0.2) is 4.79 Å². The first-order valence-electron chi connectivity index (χ1n) is 21.4. The zero-order valence-electron chi connectivity index (χ0n) is 38.4. The van der Waals surface area contributed by atoms with Crippen molar-refractivity contribution in [2.24, 2.45) is 0 Å². The average Bonchev–Trinajstić information content (AvgIpc) is 3.82. The molecule has 2 atom stereocenters. The molecule has 66 heavy (non-hydrogen) atoms. The van der Waals surface area contributed by atoms with Crippen molar-refractivity contribution in [2.75, 3.05) is 72.5 Å². The topological polar surface area (TPSA) is 218 Å². The van der Waals surface area contributed by atoms with Crippen LogP contribution in [0.15, 0.2) is 82.3 Å². The van der Waals surface area contributed by atoms with Gasteiger partial charge in [0.2, 0.25) is 5.69 Å². The number of hydrogen-bond donors (Lipinski definition) is 0. The second kappa shape index (κ2) is 22.0. The molecule has 1 saturated heterocycles. The Morgan fingerprint density at radius 1 is 0.727 bits per heavy atom. The molecule has 18 nitrogen and oxygen atoms in total. The lowest BCUT2D eigenvalue weighted by atomic mass is 9.76. The van der Waals surface area contributed by atoms with Gasteiger partial charge in [-0.2, -0.15) is 29.8 Å². The van der Waals surface area contributed by atoms with Gasteiger partial charge < -0.3 is 19.2 Å². The van der Waals surface area contributed by atoms with Crippen molar-refractivity contribution >= 4 is 65.2 Å². The fourth-order valence-electron chi connectivity index (χ4n) is 8.63. The predicted octanol–water partition coefficient (Wildman–Crippen LogP) is 5.09. The summed E-state index contributed by atoms with van der Waals surface area (Å²) in [6.07, 6.45) is 12.1. The van der Waals surface area contributed by atoms with Crippen LogP contribution in [0, 0.1) is 0 Å². The maximum absolute atomic E-state index is 12.9. The Labute approximate surface area is 388 Å². The number of hydroxylamine groups is 2. The van der Waals surface area contributed by atoms with Crippen molar-refractivity contribution in [3.63, 3.8) is 0 Å². The number of rotatable bonds is 25. The molecule has 3 aliphatic rings. The molecule has 362 valence electrons. The number of hydrogen-bond acceptors (Lipinski definition) is 16. The highest BCUT2D eigenvalue weighted by atomic mass is 32.2. The zero-order chi connectivity index (χ0) is 48.5. The van der Waals surface area contributed by atoms with Crippen molar-refractivity contribution in [2.45, 2.75) is 92.3 Å². The second-order valence-corrected chi connectivity index (χ2v) is 21.7. The van der Waals surface area contributed by atoms with E-state index in [0.717, 1.165) is 49.7 Å². The van der Waals surface area contributed by atoms with E-state index in [4.69, 9.17) is 26.9 Å². The van der Waals surface area contributed by atoms with E-state index in [1.165, 1.54) is 12.1 Å². The summed E-state index contributed by atoms with van der Waals surface area (Å²) in [4.78, 5) is 43.4. The fraction of sp³-hybridized carbons (Fsp3) is 0.511. The minimum absolute atomic E-state index is 0.000904. The third kappa shape index (κ3) is 11.6. The summed E-state index contributed by atoms with van der Waals surface area (Å²) in [5.41, 5.74) is 2.99. The highest BCUT2D eigenvalue weighted by Gasteiger charge is 2.48. The number of ether oxygens (including phenoxy) is 2. The summed E-state index contributed by atoms with van der Waals surface area (Å²) < 4.78 is 104. The summed E-state index contributed by atoms with van der Waals surface area (Å²) >= 11 is 0. The first kappa shape index (κ1) is 52.4. The van der Waals surface area contributed by atoms with Gasteiger partial charge in [0, 0.05) is 81.1 Å². The van der Waals surface area contributed by atoms with Gasteiger partial charge in [0.05, 0.1) is 42.3 Å². The molecule has 0 N–H and O–H groups in total. The Hall–Kier alpha value is -4.61. The number of benzene rings is 2. The molecule has 2 amide bonds. The molecule has 0 aromatic heterocycles. The van der Waals surface area contributed by atoms with Crippen molar-refractivity contribution in [3.05, 3.63) is 83.6 Å². The Bertz CT molecular complexity index is 2610. The van der Waals surface area contributed by atoms with E-state index in [-0.39, 0.29) is 41.2 Å². The Kier molecular flexibility index (Phi) is 17.5. The van der Waals surface area contributed by atoms with E-state index < -0.39 is 59.0 Å². The number of methoxy groups -OCH3 is 2. The number of fused-ring (bicyclic) bond motifs is 2. The monoisotopic (exact) mass is 978 g/mol. The Balaban J connectivity index is 1.49. The van der Waals surface area contributed by atoms with Crippen LogP contribution in [0.5, 0.6) is 0 Å². The Morgan fingerprint density at radius 3 is 1.98 bits per heavy atom. The molecule has 0 saturated carbocycles. The van der Waals surface area contributed by atoms with Crippen LogP contribution in [0.25, 0.3) is 0 Å². The predicted molar refractivity (Wildman–Crippen MR) is 244 cm³/mol. The summed E-state index contributed by atoms with van der Waals surface area (Å²) in [5.74, 6) is -2.01. The largest absolute Gasteiger partial charge is 0.385 e. The van der Waals surface area contributed by atoms with Gasteiger partial charge in [0.15, 0.2) is 12.3 Å². The molecular formula is C45H60N3O15S3+. The fourth-order valence-corrected chi connectivity index (χ4v) is 10.7. The van der Waals surface area contributed by atoms with Crippen LogP contribution < -0.4 is 4.90 Å². The molecule has 5 rings (SSSR count). The SMILES string of the molecule is COCC[N+]1=C(/C=C/C=C/C=C2/N(CCCCCC(=O)ON3C(=O)CCC3=O)c3ccc(S(=O)(=O)OC)cc3C2(C)CCOC)C(C)(CCCS(=O)(=O)OC)c2cc(S(=O)(=O)OC)ccc21. The zero-order valence-corrected chi connectivity index (χ0v) is 40.9. The number of anilines is 1. The van der Waals surface area contributed by atoms with E-state index in [1.54, 1.807) is 38.5 Å². The van der Waals surface area contributed by atoms with Gasteiger partial charge in [-0.15, -0.1) is 5.06 Å². The smallest absolute Gasteiger partial charge is 0.333 e. The van der Waals surface area contributed by atoms with Gasteiger partial charge in [0.1, 0.15) is 6.61 Å². The summed E-state index contributed by atoms with van der Waals surface area (Å²) in [7, 11) is -5.41. The maximum atomic E-state index is 12.9. The van der Waals surface area contributed by atoms with Crippen LogP contribution in [-0.4, -0.2) is 126 Å². The van der Waals surface area contributed by atoms with Crippen molar-refractivity contribution in [1.29, 1.82) is 0 Å². The number of carbonyl (C=O) groups is 3. The molecule has 0 radical (unpaired) electrons. The van der Waals surface area contributed by atoms with Gasteiger partial charge in [-0.3, -0.25) is 22.1 Å². The van der Waals surface area contributed by atoms with Gasteiger partial charge in [0.25, 0.3) is 42.2 Å². The van der Waals surface area contributed by atoms with Crippen LogP contribution in [0.4, 0.5) is 11.4 Å². The van der Waals surface area contributed by atoms with Crippen molar-refractivity contribution < 1.29 is 71.1 Å². The molecule has 1 fully saturated rings. The molecule has 0 spiro atoms. The molecule has 3 heterocycles. The van der Waals surface area contributed by atoms with Gasteiger partial charge >= 0.3 is 5.97 Å². The normalized spacial score (nSPS) is 20.7. The molecular weight excluding hydrogens is 919 g/mol. The maximum Gasteiger partial charge on any atom is 0.333 e. The number of nitrogens with zero attached hydrogens (tertiary/aromatic N) is 3. The van der Waals surface area contributed by atoms with E-state index in [9.17, 15) is 39.6 Å². The lowest BCUT2D eigenvalue weighted by molar-refractivity contribution is -0.441. The van der Waals surface area contributed by atoms with E-state index in [0.29, 0.717) is 69.0 Å². The standard InChI is InChI=1S/C45H60N3O15S3/c1-44(24-14-30-64(52,53)60-5)35-31-33(65(54,55)61-6)19-21-38(35)47(27-29-59-4)39(44)15-10-8-11-16-40-45(2,25-28-58-3)36-32-34(66(56,57)62-7)18-20-37(36)46(40)26-13-9-12-17-43(51)63-48-41(49)22-23-42(48)50/h8,10-11,15-16,18-21,31-32H,9,12-14,17,22-30H2,1-7H3/q+1. The molecule has 2 aromatic carbocycles. The highest BCUT2D eigenvalue weighted by Crippen LogP contribution is 2.51. The third-order valence-corrected chi connectivity index (χ3v) is 16.1. The third-order valence-electron chi connectivity index (χ3n) is 12.3. The van der Waals surface area contributed by atoms with Crippen molar-refractivity contribution in [3.8, 4) is 0 Å². The van der Waals surface area contributed by atoms with E-state index >= 15 is 0 Å².